The van der Waals surface area contributed by atoms with Gasteiger partial charge in [-0.1, -0.05) is 6.58 Å². The van der Waals surface area contributed by atoms with Crippen LogP contribution in [-0.2, 0) is 19.1 Å². The summed E-state index contributed by atoms with van der Waals surface area (Å²) in [5, 5.41) is 0. The van der Waals surface area contributed by atoms with Crippen molar-refractivity contribution in [2.24, 2.45) is 5.41 Å². The zero-order chi connectivity index (χ0) is 11.8. The van der Waals surface area contributed by atoms with Crippen molar-refractivity contribution in [2.45, 2.75) is 38.7 Å². The predicted molar refractivity (Wildman–Crippen MR) is 56.6 cm³/mol. The lowest BCUT2D eigenvalue weighted by atomic mass is 9.76. The van der Waals surface area contributed by atoms with Crippen LogP contribution in [0.3, 0.4) is 0 Å². The van der Waals surface area contributed by atoms with Crippen LogP contribution in [0, 0.1) is 5.41 Å². The Bertz CT molecular complexity index is 347. The molecule has 0 radical (unpaired) electrons. The zero-order valence-corrected chi connectivity index (χ0v) is 9.45. The molecule has 0 N–H and O–H groups in total. The van der Waals surface area contributed by atoms with Crippen molar-refractivity contribution in [1.29, 1.82) is 0 Å². The van der Waals surface area contributed by atoms with E-state index in [2.05, 4.69) is 6.58 Å². The second-order valence-corrected chi connectivity index (χ2v) is 4.44. The number of hydrogen-bond donors (Lipinski definition) is 0. The first-order valence-electron chi connectivity index (χ1n) is 5.66. The van der Waals surface area contributed by atoms with Gasteiger partial charge >= 0.3 is 11.9 Å². The van der Waals surface area contributed by atoms with Crippen LogP contribution in [0.4, 0.5) is 0 Å². The van der Waals surface area contributed by atoms with Crippen LogP contribution in [0.5, 0.6) is 0 Å². The third-order valence-electron chi connectivity index (χ3n) is 3.45. The molecule has 0 aromatic carbocycles. The van der Waals surface area contributed by atoms with E-state index < -0.39 is 5.41 Å². The molecule has 4 nitrogen and oxygen atoms in total. The monoisotopic (exact) mass is 224 g/mol. The van der Waals surface area contributed by atoms with E-state index in [-0.39, 0.29) is 18.0 Å². The molecule has 0 amide bonds. The van der Waals surface area contributed by atoms with Crippen LogP contribution < -0.4 is 0 Å². The SMILES string of the molecule is C=C1C[C@@]2(C(=O)OCC)CCC[C@@H]2OC1=O. The molecule has 0 aromatic heterocycles. The highest BCUT2D eigenvalue weighted by molar-refractivity contribution is 5.92. The molecule has 0 aromatic rings. The number of ether oxygens (including phenoxy) is 2. The Labute approximate surface area is 94.6 Å². The summed E-state index contributed by atoms with van der Waals surface area (Å²) in [5.74, 6) is -0.613. The second-order valence-electron chi connectivity index (χ2n) is 4.44. The minimum atomic E-state index is -0.652. The van der Waals surface area contributed by atoms with E-state index in [4.69, 9.17) is 9.47 Å². The van der Waals surface area contributed by atoms with Gasteiger partial charge in [-0.2, -0.15) is 0 Å². The number of carbonyl (C=O) groups is 2. The van der Waals surface area contributed by atoms with Crippen molar-refractivity contribution in [3.8, 4) is 0 Å². The lowest BCUT2D eigenvalue weighted by Crippen LogP contribution is -2.46. The van der Waals surface area contributed by atoms with Crippen molar-refractivity contribution in [3.05, 3.63) is 12.2 Å². The van der Waals surface area contributed by atoms with Gasteiger partial charge < -0.3 is 9.47 Å². The van der Waals surface area contributed by atoms with Crippen LogP contribution in [0.2, 0.25) is 0 Å². The summed E-state index contributed by atoms with van der Waals surface area (Å²) in [6.45, 7) is 5.80. The second kappa shape index (κ2) is 3.92. The molecule has 1 heterocycles. The average Bonchev–Trinajstić information content (AvgIpc) is 2.63. The van der Waals surface area contributed by atoms with Gasteiger partial charge in [-0.15, -0.1) is 0 Å². The highest BCUT2D eigenvalue weighted by Gasteiger charge is 2.55. The standard InChI is InChI=1S/C12H16O4/c1-3-15-11(14)12-6-4-5-9(12)16-10(13)8(2)7-12/h9H,2-7H2,1H3/t9-,12-/m0/s1. The molecule has 0 unspecified atom stereocenters. The maximum atomic E-state index is 12.0. The normalized spacial score (nSPS) is 33.2. The number of fused-ring (bicyclic) bond motifs is 1. The number of carbonyl (C=O) groups excluding carboxylic acids is 2. The van der Waals surface area contributed by atoms with Gasteiger partial charge in [0.1, 0.15) is 11.5 Å². The van der Waals surface area contributed by atoms with E-state index in [0.717, 1.165) is 19.3 Å². The molecule has 1 aliphatic heterocycles. The molecule has 2 atom stereocenters. The fraction of sp³-hybridized carbons (Fsp3) is 0.667. The smallest absolute Gasteiger partial charge is 0.333 e. The van der Waals surface area contributed by atoms with E-state index in [0.29, 0.717) is 18.6 Å². The zero-order valence-electron chi connectivity index (χ0n) is 9.45. The molecular weight excluding hydrogens is 208 g/mol. The Morgan fingerprint density at radius 3 is 3.12 bits per heavy atom. The summed E-state index contributed by atoms with van der Waals surface area (Å²) in [7, 11) is 0. The average molecular weight is 224 g/mol. The van der Waals surface area contributed by atoms with Crippen molar-refractivity contribution >= 4 is 11.9 Å². The Morgan fingerprint density at radius 1 is 1.69 bits per heavy atom. The van der Waals surface area contributed by atoms with Gasteiger partial charge in [0, 0.05) is 5.57 Å². The van der Waals surface area contributed by atoms with E-state index in [9.17, 15) is 9.59 Å². The lowest BCUT2D eigenvalue weighted by Gasteiger charge is -2.36. The molecule has 16 heavy (non-hydrogen) atoms. The Morgan fingerprint density at radius 2 is 2.44 bits per heavy atom. The Kier molecular flexibility index (Phi) is 2.74. The van der Waals surface area contributed by atoms with Crippen LogP contribution in [0.1, 0.15) is 32.6 Å². The summed E-state index contributed by atoms with van der Waals surface area (Å²) in [6.07, 6.45) is 2.43. The largest absolute Gasteiger partial charge is 0.465 e. The fourth-order valence-electron chi connectivity index (χ4n) is 2.66. The van der Waals surface area contributed by atoms with Gasteiger partial charge in [0.25, 0.3) is 0 Å². The molecule has 2 rings (SSSR count). The summed E-state index contributed by atoms with van der Waals surface area (Å²) in [6, 6.07) is 0. The summed E-state index contributed by atoms with van der Waals surface area (Å²) in [5.41, 5.74) is -0.271. The van der Waals surface area contributed by atoms with Crippen molar-refractivity contribution in [1.82, 2.24) is 0 Å². The van der Waals surface area contributed by atoms with E-state index in [1.165, 1.54) is 0 Å². The van der Waals surface area contributed by atoms with Crippen LogP contribution >= 0.6 is 0 Å². The first-order chi connectivity index (χ1) is 7.60. The Balaban J connectivity index is 2.25. The summed E-state index contributed by atoms with van der Waals surface area (Å²) in [4.78, 5) is 23.4. The topological polar surface area (TPSA) is 52.6 Å². The summed E-state index contributed by atoms with van der Waals surface area (Å²) >= 11 is 0. The van der Waals surface area contributed by atoms with Crippen LogP contribution in [0.15, 0.2) is 12.2 Å². The van der Waals surface area contributed by atoms with E-state index in [1.54, 1.807) is 6.92 Å². The molecular formula is C12H16O4. The Hall–Kier alpha value is -1.32. The third-order valence-corrected chi connectivity index (χ3v) is 3.45. The number of hydrogen-bond acceptors (Lipinski definition) is 4. The van der Waals surface area contributed by atoms with Gasteiger partial charge in [0.15, 0.2) is 0 Å². The lowest BCUT2D eigenvalue weighted by molar-refractivity contribution is -0.173. The number of rotatable bonds is 2. The molecule has 2 fully saturated rings. The molecule has 1 aliphatic carbocycles. The quantitative estimate of drug-likeness (QED) is 0.528. The molecule has 4 heteroatoms. The molecule has 0 spiro atoms. The van der Waals surface area contributed by atoms with Gasteiger partial charge in [-0.25, -0.2) is 4.79 Å². The van der Waals surface area contributed by atoms with Crippen LogP contribution in [-0.4, -0.2) is 24.6 Å². The molecule has 0 bridgehead atoms. The first-order valence-corrected chi connectivity index (χ1v) is 5.66. The van der Waals surface area contributed by atoms with E-state index >= 15 is 0 Å². The maximum absolute atomic E-state index is 12.0. The summed E-state index contributed by atoms with van der Waals surface area (Å²) < 4.78 is 10.4. The van der Waals surface area contributed by atoms with Gasteiger partial charge in [0.2, 0.25) is 0 Å². The van der Waals surface area contributed by atoms with Crippen LogP contribution in [0.25, 0.3) is 0 Å². The minimum Gasteiger partial charge on any atom is -0.465 e. The number of esters is 2. The van der Waals surface area contributed by atoms with Gasteiger partial charge in [0.05, 0.1) is 6.61 Å². The van der Waals surface area contributed by atoms with Gasteiger partial charge in [-0.3, -0.25) is 4.79 Å². The predicted octanol–water partition coefficient (Wildman–Crippen LogP) is 1.59. The first kappa shape index (κ1) is 11.2. The van der Waals surface area contributed by atoms with Crippen molar-refractivity contribution < 1.29 is 19.1 Å². The molecule has 1 saturated heterocycles. The highest BCUT2D eigenvalue weighted by Crippen LogP contribution is 2.48. The molecule has 1 saturated carbocycles. The minimum absolute atomic E-state index is 0.244. The van der Waals surface area contributed by atoms with Gasteiger partial charge in [-0.05, 0) is 32.6 Å². The van der Waals surface area contributed by atoms with Crippen molar-refractivity contribution in [3.63, 3.8) is 0 Å². The van der Waals surface area contributed by atoms with E-state index in [1.807, 2.05) is 0 Å². The molecule has 88 valence electrons. The maximum Gasteiger partial charge on any atom is 0.333 e. The molecule has 2 aliphatic rings. The highest BCUT2D eigenvalue weighted by atomic mass is 16.6. The fourth-order valence-corrected chi connectivity index (χ4v) is 2.66. The third kappa shape index (κ3) is 1.52. The van der Waals surface area contributed by atoms with Crippen molar-refractivity contribution in [2.75, 3.05) is 6.61 Å².